The number of carbonyl (C=O) groups is 1. The minimum absolute atomic E-state index is 0.161. The first kappa shape index (κ1) is 14.3. The maximum atomic E-state index is 12.3. The molecule has 3 rings (SSSR count). The van der Waals surface area contributed by atoms with Gasteiger partial charge in [-0.1, -0.05) is 30.3 Å². The van der Waals surface area contributed by atoms with Gasteiger partial charge in [-0.15, -0.1) is 0 Å². The predicted octanol–water partition coefficient (Wildman–Crippen LogP) is 2.24. The molecule has 0 aliphatic carbocycles. The van der Waals surface area contributed by atoms with Gasteiger partial charge in [0.15, 0.2) is 0 Å². The molecule has 0 spiro atoms. The second-order valence-electron chi connectivity index (χ2n) is 5.22. The van der Waals surface area contributed by atoms with E-state index in [4.69, 9.17) is 4.74 Å². The SMILES string of the molecule is O=C(OCc1ccccc1)N1CCC[C@@H]1c1n[nH]ccc1=O. The van der Waals surface area contributed by atoms with Crippen LogP contribution in [0.15, 0.2) is 47.4 Å². The van der Waals surface area contributed by atoms with Crippen molar-refractivity contribution in [2.24, 2.45) is 0 Å². The second kappa shape index (κ2) is 6.43. The van der Waals surface area contributed by atoms with Crippen molar-refractivity contribution < 1.29 is 9.53 Å². The average molecular weight is 299 g/mol. The van der Waals surface area contributed by atoms with E-state index < -0.39 is 6.09 Å². The van der Waals surface area contributed by atoms with E-state index in [1.165, 1.54) is 12.3 Å². The van der Waals surface area contributed by atoms with Crippen molar-refractivity contribution in [2.75, 3.05) is 6.54 Å². The third-order valence-corrected chi connectivity index (χ3v) is 3.75. The fourth-order valence-corrected chi connectivity index (χ4v) is 2.67. The molecule has 1 N–H and O–H groups in total. The highest BCUT2D eigenvalue weighted by atomic mass is 16.6. The van der Waals surface area contributed by atoms with E-state index in [0.29, 0.717) is 12.2 Å². The lowest BCUT2D eigenvalue weighted by Crippen LogP contribution is -2.34. The number of nitrogens with zero attached hydrogens (tertiary/aromatic N) is 2. The van der Waals surface area contributed by atoms with Crippen LogP contribution in [-0.4, -0.2) is 27.7 Å². The molecule has 0 unspecified atom stereocenters. The first-order valence-corrected chi connectivity index (χ1v) is 7.27. The van der Waals surface area contributed by atoms with Gasteiger partial charge in [-0.3, -0.25) is 14.8 Å². The molecule has 6 nitrogen and oxygen atoms in total. The molecule has 1 amide bonds. The van der Waals surface area contributed by atoms with Crippen LogP contribution in [0.2, 0.25) is 0 Å². The summed E-state index contributed by atoms with van der Waals surface area (Å²) in [4.78, 5) is 25.8. The van der Waals surface area contributed by atoms with Crippen molar-refractivity contribution in [3.05, 3.63) is 64.1 Å². The molecule has 1 atom stereocenters. The number of H-pyrrole nitrogens is 1. The highest BCUT2D eigenvalue weighted by molar-refractivity contribution is 5.68. The van der Waals surface area contributed by atoms with Crippen molar-refractivity contribution in [3.8, 4) is 0 Å². The monoisotopic (exact) mass is 299 g/mol. The number of hydrogen-bond donors (Lipinski definition) is 1. The van der Waals surface area contributed by atoms with E-state index in [2.05, 4.69) is 10.2 Å². The quantitative estimate of drug-likeness (QED) is 0.943. The Morgan fingerprint density at radius 1 is 1.32 bits per heavy atom. The van der Waals surface area contributed by atoms with Crippen LogP contribution in [0.1, 0.15) is 30.1 Å². The fourth-order valence-electron chi connectivity index (χ4n) is 2.67. The summed E-state index contributed by atoms with van der Waals surface area (Å²) in [6.45, 7) is 0.801. The number of benzene rings is 1. The zero-order chi connectivity index (χ0) is 15.4. The molecule has 0 radical (unpaired) electrons. The first-order chi connectivity index (χ1) is 10.8. The molecule has 22 heavy (non-hydrogen) atoms. The van der Waals surface area contributed by atoms with Crippen molar-refractivity contribution in [1.82, 2.24) is 15.1 Å². The first-order valence-electron chi connectivity index (χ1n) is 7.27. The lowest BCUT2D eigenvalue weighted by atomic mass is 10.1. The zero-order valence-corrected chi connectivity index (χ0v) is 12.1. The third kappa shape index (κ3) is 3.00. The molecule has 0 saturated carbocycles. The summed E-state index contributed by atoms with van der Waals surface area (Å²) < 4.78 is 5.35. The molecule has 1 fully saturated rings. The Morgan fingerprint density at radius 3 is 2.91 bits per heavy atom. The van der Waals surface area contributed by atoms with Crippen LogP contribution in [-0.2, 0) is 11.3 Å². The maximum Gasteiger partial charge on any atom is 0.410 e. The van der Waals surface area contributed by atoms with Crippen molar-refractivity contribution in [3.63, 3.8) is 0 Å². The molecule has 1 aromatic heterocycles. The van der Waals surface area contributed by atoms with E-state index in [0.717, 1.165) is 18.4 Å². The number of ether oxygens (including phenoxy) is 1. The number of rotatable bonds is 3. The van der Waals surface area contributed by atoms with Gasteiger partial charge in [-0.2, -0.15) is 5.10 Å². The summed E-state index contributed by atoms with van der Waals surface area (Å²) in [5.41, 5.74) is 1.14. The Bertz CT molecular complexity index is 699. The summed E-state index contributed by atoms with van der Waals surface area (Å²) >= 11 is 0. The molecule has 1 aliphatic rings. The minimum Gasteiger partial charge on any atom is -0.445 e. The predicted molar refractivity (Wildman–Crippen MR) is 80.2 cm³/mol. The highest BCUT2D eigenvalue weighted by Crippen LogP contribution is 2.29. The van der Waals surface area contributed by atoms with Crippen LogP contribution in [0.25, 0.3) is 0 Å². The van der Waals surface area contributed by atoms with Crippen LogP contribution in [0.5, 0.6) is 0 Å². The Hall–Kier alpha value is -2.63. The molecule has 2 aromatic rings. The van der Waals surface area contributed by atoms with Gasteiger partial charge >= 0.3 is 6.09 Å². The largest absolute Gasteiger partial charge is 0.445 e. The van der Waals surface area contributed by atoms with Crippen LogP contribution >= 0.6 is 0 Å². The second-order valence-corrected chi connectivity index (χ2v) is 5.22. The summed E-state index contributed by atoms with van der Waals surface area (Å²) in [6.07, 6.45) is 2.64. The van der Waals surface area contributed by atoms with Gasteiger partial charge in [0.1, 0.15) is 12.3 Å². The number of hydrogen-bond acceptors (Lipinski definition) is 4. The van der Waals surface area contributed by atoms with E-state index in [1.54, 1.807) is 4.90 Å². The number of amides is 1. The smallest absolute Gasteiger partial charge is 0.410 e. The van der Waals surface area contributed by atoms with Crippen molar-refractivity contribution >= 4 is 6.09 Å². The minimum atomic E-state index is -0.406. The van der Waals surface area contributed by atoms with E-state index >= 15 is 0 Å². The maximum absolute atomic E-state index is 12.3. The number of aromatic nitrogens is 2. The Morgan fingerprint density at radius 2 is 2.14 bits per heavy atom. The molecule has 1 aromatic carbocycles. The van der Waals surface area contributed by atoms with Crippen LogP contribution in [0.4, 0.5) is 4.79 Å². The number of nitrogens with one attached hydrogen (secondary N) is 1. The molecule has 6 heteroatoms. The van der Waals surface area contributed by atoms with Crippen LogP contribution in [0.3, 0.4) is 0 Å². The van der Waals surface area contributed by atoms with Gasteiger partial charge in [0.05, 0.1) is 6.04 Å². The Balaban J connectivity index is 1.69. The zero-order valence-electron chi connectivity index (χ0n) is 12.1. The van der Waals surface area contributed by atoms with Gasteiger partial charge < -0.3 is 4.74 Å². The standard InChI is InChI=1S/C16H17N3O3/c20-14-8-9-17-18-15(14)13-7-4-10-19(13)16(21)22-11-12-5-2-1-3-6-12/h1-3,5-6,8-9,13H,4,7,10-11H2,(H,17,20)/t13-/m1/s1. The molecule has 1 aliphatic heterocycles. The number of aromatic amines is 1. The lowest BCUT2D eigenvalue weighted by Gasteiger charge is -2.22. The number of carbonyl (C=O) groups excluding carboxylic acids is 1. The van der Waals surface area contributed by atoms with Crippen molar-refractivity contribution in [1.29, 1.82) is 0 Å². The Labute approximate surface area is 127 Å². The molecular weight excluding hydrogens is 282 g/mol. The molecule has 1 saturated heterocycles. The molecule has 2 heterocycles. The lowest BCUT2D eigenvalue weighted by molar-refractivity contribution is 0.0912. The summed E-state index contributed by atoms with van der Waals surface area (Å²) in [7, 11) is 0. The van der Waals surface area contributed by atoms with E-state index in [-0.39, 0.29) is 18.1 Å². The topological polar surface area (TPSA) is 75.3 Å². The van der Waals surface area contributed by atoms with Crippen LogP contribution in [0, 0.1) is 0 Å². The molecule has 0 bridgehead atoms. The normalized spacial score (nSPS) is 17.5. The summed E-state index contributed by atoms with van der Waals surface area (Å²) in [6, 6.07) is 10.6. The number of likely N-dealkylation sites (tertiary alicyclic amines) is 1. The van der Waals surface area contributed by atoms with Gasteiger partial charge in [0.25, 0.3) is 0 Å². The van der Waals surface area contributed by atoms with Gasteiger partial charge in [0.2, 0.25) is 5.43 Å². The summed E-state index contributed by atoms with van der Waals surface area (Å²) in [5.74, 6) is 0. The van der Waals surface area contributed by atoms with E-state index in [9.17, 15) is 9.59 Å². The molecule has 114 valence electrons. The van der Waals surface area contributed by atoms with Crippen LogP contribution < -0.4 is 5.43 Å². The van der Waals surface area contributed by atoms with Gasteiger partial charge in [-0.05, 0) is 18.4 Å². The fraction of sp³-hybridized carbons (Fsp3) is 0.312. The van der Waals surface area contributed by atoms with Gasteiger partial charge in [-0.25, -0.2) is 4.79 Å². The third-order valence-electron chi connectivity index (χ3n) is 3.75. The average Bonchev–Trinajstić information content (AvgIpc) is 3.03. The summed E-state index contributed by atoms with van der Waals surface area (Å²) in [5, 5.41) is 6.69. The molecular formula is C16H17N3O3. The Kier molecular flexibility index (Phi) is 4.18. The van der Waals surface area contributed by atoms with Crippen molar-refractivity contribution in [2.45, 2.75) is 25.5 Å². The highest BCUT2D eigenvalue weighted by Gasteiger charge is 2.33. The van der Waals surface area contributed by atoms with Gasteiger partial charge in [0, 0.05) is 18.8 Å². The van der Waals surface area contributed by atoms with E-state index in [1.807, 2.05) is 30.3 Å².